The molecule has 7 nitrogen and oxygen atoms in total. The van der Waals surface area contributed by atoms with Crippen LogP contribution in [0.3, 0.4) is 0 Å². The monoisotopic (exact) mass is 420 g/mol. The second-order valence-electron chi connectivity index (χ2n) is 6.81. The zero-order chi connectivity index (χ0) is 21.8. The molecule has 0 radical (unpaired) electrons. The molecule has 158 valence electrons. The number of carbonyl (C=O) groups excluding carboxylic acids is 1. The summed E-state index contributed by atoms with van der Waals surface area (Å²) >= 11 is 0. The lowest BCUT2D eigenvalue weighted by Gasteiger charge is -2.30. The van der Waals surface area contributed by atoms with Crippen molar-refractivity contribution in [3.63, 3.8) is 0 Å². The number of hydrogen-bond acceptors (Lipinski definition) is 5. The molecule has 0 saturated carbocycles. The van der Waals surface area contributed by atoms with Gasteiger partial charge in [0, 0.05) is 11.8 Å². The molecule has 0 aliphatic carbocycles. The summed E-state index contributed by atoms with van der Waals surface area (Å²) in [5.74, 6) is 0.571. The fourth-order valence-corrected chi connectivity index (χ4v) is 4.27. The summed E-state index contributed by atoms with van der Waals surface area (Å²) in [6.45, 7) is 5.63. The van der Waals surface area contributed by atoms with E-state index in [-0.39, 0.29) is 0 Å². The van der Waals surface area contributed by atoms with Crippen molar-refractivity contribution in [1.82, 2.24) is 0 Å². The van der Waals surface area contributed by atoms with E-state index < -0.39 is 22.0 Å². The molecule has 0 heterocycles. The summed E-state index contributed by atoms with van der Waals surface area (Å²) in [6.07, 6.45) is 1.41. The lowest BCUT2D eigenvalue weighted by molar-refractivity contribution is -0.117. The Labute approximate surface area is 172 Å². The van der Waals surface area contributed by atoms with E-state index >= 15 is 0 Å². The van der Waals surface area contributed by atoms with Crippen LogP contribution in [0.4, 0.5) is 11.4 Å². The Kier molecular flexibility index (Phi) is 7.13. The van der Waals surface area contributed by atoms with Crippen LogP contribution < -0.4 is 19.1 Å². The Morgan fingerprint density at radius 3 is 2.21 bits per heavy atom. The fraction of sp³-hybridized carbons (Fsp3) is 0.381. The Balaban J connectivity index is 2.39. The van der Waals surface area contributed by atoms with Crippen molar-refractivity contribution in [3.8, 4) is 11.5 Å². The lowest BCUT2D eigenvalue weighted by atomic mass is 10.1. The van der Waals surface area contributed by atoms with Gasteiger partial charge in [-0.15, -0.1) is 0 Å². The van der Waals surface area contributed by atoms with E-state index in [4.69, 9.17) is 9.47 Å². The molecule has 0 saturated heterocycles. The van der Waals surface area contributed by atoms with Crippen molar-refractivity contribution in [2.24, 2.45) is 0 Å². The number of ether oxygens (including phenoxy) is 2. The molecular formula is C21H28N2O5S. The minimum atomic E-state index is -3.69. The SMILES string of the molecule is CC[C@@H](C(=O)Nc1ccc(OC)c(OC)c1)N(c1ccc(C)c(C)c1)S(C)(=O)=O. The standard InChI is InChI=1S/C21H28N2O5S/c1-7-18(21(24)22-16-9-11-19(27-4)20(13-16)28-5)23(29(6,25)26)17-10-8-14(2)15(3)12-17/h8-13,18H,7H2,1-6H3,(H,22,24)/t18-/m0/s1. The highest BCUT2D eigenvalue weighted by atomic mass is 32.2. The van der Waals surface area contributed by atoms with E-state index in [1.54, 1.807) is 37.3 Å². The number of carbonyl (C=O) groups is 1. The molecule has 2 aromatic carbocycles. The van der Waals surface area contributed by atoms with Gasteiger partial charge in [0.05, 0.1) is 26.2 Å². The average molecular weight is 421 g/mol. The Hall–Kier alpha value is -2.74. The van der Waals surface area contributed by atoms with Crippen LogP contribution in [0.15, 0.2) is 36.4 Å². The molecule has 1 atom stereocenters. The summed E-state index contributed by atoms with van der Waals surface area (Å²) in [5, 5.41) is 2.79. The number of nitrogens with one attached hydrogen (secondary N) is 1. The van der Waals surface area contributed by atoms with E-state index in [0.717, 1.165) is 17.4 Å². The van der Waals surface area contributed by atoms with E-state index in [1.807, 2.05) is 19.9 Å². The molecule has 1 amide bonds. The summed E-state index contributed by atoms with van der Waals surface area (Å²) in [7, 11) is -0.664. The van der Waals surface area contributed by atoms with Crippen molar-refractivity contribution in [2.75, 3.05) is 30.1 Å². The molecule has 8 heteroatoms. The van der Waals surface area contributed by atoms with Crippen LogP contribution in [0, 0.1) is 13.8 Å². The van der Waals surface area contributed by atoms with Crippen molar-refractivity contribution in [1.29, 1.82) is 0 Å². The van der Waals surface area contributed by atoms with Crippen molar-refractivity contribution in [2.45, 2.75) is 33.2 Å². The zero-order valence-corrected chi connectivity index (χ0v) is 18.5. The number of amides is 1. The third kappa shape index (κ3) is 5.20. The third-order valence-corrected chi connectivity index (χ3v) is 5.91. The number of anilines is 2. The minimum Gasteiger partial charge on any atom is -0.493 e. The predicted octanol–water partition coefficient (Wildman–Crippen LogP) is 3.50. The number of benzene rings is 2. The van der Waals surface area contributed by atoms with Crippen LogP contribution in [0.2, 0.25) is 0 Å². The smallest absolute Gasteiger partial charge is 0.248 e. The first-order chi connectivity index (χ1) is 13.6. The summed E-state index contributed by atoms with van der Waals surface area (Å²) < 4.78 is 36.8. The molecular weight excluding hydrogens is 392 g/mol. The first-order valence-electron chi connectivity index (χ1n) is 9.21. The van der Waals surface area contributed by atoms with Crippen LogP contribution in [0.1, 0.15) is 24.5 Å². The van der Waals surface area contributed by atoms with Gasteiger partial charge in [0.25, 0.3) is 0 Å². The summed E-state index contributed by atoms with van der Waals surface area (Å²) in [5.41, 5.74) is 2.95. The van der Waals surface area contributed by atoms with Gasteiger partial charge in [-0.2, -0.15) is 0 Å². The molecule has 29 heavy (non-hydrogen) atoms. The van der Waals surface area contributed by atoms with Crippen molar-refractivity contribution in [3.05, 3.63) is 47.5 Å². The molecule has 0 spiro atoms. The Morgan fingerprint density at radius 2 is 1.69 bits per heavy atom. The molecule has 0 bridgehead atoms. The molecule has 0 aliphatic rings. The first-order valence-corrected chi connectivity index (χ1v) is 11.1. The highest BCUT2D eigenvalue weighted by molar-refractivity contribution is 7.92. The van der Waals surface area contributed by atoms with Gasteiger partial charge < -0.3 is 14.8 Å². The zero-order valence-electron chi connectivity index (χ0n) is 17.6. The normalized spacial score (nSPS) is 12.2. The Morgan fingerprint density at radius 1 is 1.03 bits per heavy atom. The maximum atomic E-state index is 13.0. The van der Waals surface area contributed by atoms with Gasteiger partial charge in [0.15, 0.2) is 11.5 Å². The second-order valence-corrected chi connectivity index (χ2v) is 8.67. The minimum absolute atomic E-state index is 0.305. The third-order valence-electron chi connectivity index (χ3n) is 4.73. The molecule has 0 aromatic heterocycles. The van der Waals surface area contributed by atoms with Crippen molar-refractivity contribution < 1.29 is 22.7 Å². The summed E-state index contributed by atoms with van der Waals surface area (Å²) in [6, 6.07) is 9.42. The van der Waals surface area contributed by atoms with Gasteiger partial charge >= 0.3 is 0 Å². The van der Waals surface area contributed by atoms with Crippen LogP contribution in [0.5, 0.6) is 11.5 Å². The van der Waals surface area contributed by atoms with Gasteiger partial charge in [-0.3, -0.25) is 9.10 Å². The van der Waals surface area contributed by atoms with E-state index in [1.165, 1.54) is 18.5 Å². The molecule has 2 aromatic rings. The highest BCUT2D eigenvalue weighted by Crippen LogP contribution is 2.30. The topological polar surface area (TPSA) is 84.9 Å². The van der Waals surface area contributed by atoms with E-state index in [0.29, 0.717) is 29.3 Å². The number of aryl methyl sites for hydroxylation is 2. The van der Waals surface area contributed by atoms with Gasteiger partial charge in [0.2, 0.25) is 15.9 Å². The quantitative estimate of drug-likeness (QED) is 0.706. The first kappa shape index (κ1) is 22.5. The number of hydrogen-bond donors (Lipinski definition) is 1. The van der Waals surface area contributed by atoms with Gasteiger partial charge in [-0.05, 0) is 55.7 Å². The second kappa shape index (κ2) is 9.17. The number of sulfonamides is 1. The fourth-order valence-electron chi connectivity index (χ4n) is 3.06. The van der Waals surface area contributed by atoms with Crippen LogP contribution in [-0.2, 0) is 14.8 Å². The molecule has 0 unspecified atom stereocenters. The number of rotatable bonds is 8. The van der Waals surface area contributed by atoms with E-state index in [2.05, 4.69) is 5.32 Å². The van der Waals surface area contributed by atoms with Crippen LogP contribution >= 0.6 is 0 Å². The molecule has 0 aliphatic heterocycles. The van der Waals surface area contributed by atoms with E-state index in [9.17, 15) is 13.2 Å². The van der Waals surface area contributed by atoms with Crippen LogP contribution in [0.25, 0.3) is 0 Å². The predicted molar refractivity (Wildman–Crippen MR) is 115 cm³/mol. The lowest BCUT2D eigenvalue weighted by Crippen LogP contribution is -2.47. The van der Waals surface area contributed by atoms with Gasteiger partial charge in [-0.1, -0.05) is 13.0 Å². The molecule has 1 N–H and O–H groups in total. The summed E-state index contributed by atoms with van der Waals surface area (Å²) in [4.78, 5) is 13.0. The largest absolute Gasteiger partial charge is 0.493 e. The van der Waals surface area contributed by atoms with Crippen molar-refractivity contribution >= 4 is 27.3 Å². The van der Waals surface area contributed by atoms with Crippen LogP contribution in [-0.4, -0.2) is 40.8 Å². The van der Waals surface area contributed by atoms with Gasteiger partial charge in [0.1, 0.15) is 6.04 Å². The van der Waals surface area contributed by atoms with Gasteiger partial charge in [-0.25, -0.2) is 8.42 Å². The average Bonchev–Trinajstić information content (AvgIpc) is 2.67. The molecule has 0 fully saturated rings. The molecule has 2 rings (SSSR count). The maximum absolute atomic E-state index is 13.0. The number of methoxy groups -OCH3 is 2. The highest BCUT2D eigenvalue weighted by Gasteiger charge is 2.31. The maximum Gasteiger partial charge on any atom is 0.248 e. The Bertz CT molecular complexity index is 989. The number of nitrogens with zero attached hydrogens (tertiary/aromatic N) is 1.